The first-order valence-electron chi connectivity index (χ1n) is 12.7. The molecule has 2 aromatic carbocycles. The third-order valence-corrected chi connectivity index (χ3v) is 7.44. The van der Waals surface area contributed by atoms with Gasteiger partial charge < -0.3 is 10.2 Å². The van der Waals surface area contributed by atoms with E-state index in [-0.39, 0.29) is 0 Å². The van der Waals surface area contributed by atoms with Crippen LogP contribution in [0.3, 0.4) is 0 Å². The summed E-state index contributed by atoms with van der Waals surface area (Å²) in [6, 6.07) is 18.1. The molecule has 2 aromatic rings. The highest BCUT2D eigenvalue weighted by Crippen LogP contribution is 2.40. The SMILES string of the molecule is CC(CCC1CNc2ccc(C(C)(C)F)cc2C1C)CNSCCCN(C)C.c1ccccc1. The van der Waals surface area contributed by atoms with E-state index in [2.05, 4.69) is 55.0 Å². The van der Waals surface area contributed by atoms with Gasteiger partial charge in [-0.1, -0.05) is 74.3 Å². The van der Waals surface area contributed by atoms with Crippen LogP contribution in [0.15, 0.2) is 54.6 Å². The Morgan fingerprint density at radius 1 is 1.15 bits per heavy atom. The molecule has 3 rings (SSSR count). The standard InChI is InChI=1S/C23H40FN3S.C6H6/c1-17(15-26-28-13-7-12-27(5)6)8-9-19-16-25-22-11-10-20(23(3,4)24)14-21(22)18(19)2;1-2-4-6-5-3-1/h10-11,14,17-19,25-26H,7-9,12-13,15-16H2,1-6H3;1-6H. The van der Waals surface area contributed by atoms with Crippen LogP contribution in [0.5, 0.6) is 0 Å². The van der Waals surface area contributed by atoms with E-state index in [4.69, 9.17) is 0 Å². The first-order valence-corrected chi connectivity index (χ1v) is 13.7. The third-order valence-electron chi connectivity index (χ3n) is 6.57. The average Bonchev–Trinajstić information content (AvgIpc) is 2.81. The molecule has 3 unspecified atom stereocenters. The normalized spacial score (nSPS) is 18.5. The Labute approximate surface area is 212 Å². The van der Waals surface area contributed by atoms with Crippen LogP contribution in [0.4, 0.5) is 10.1 Å². The molecule has 2 N–H and O–H groups in total. The summed E-state index contributed by atoms with van der Waals surface area (Å²) in [5, 5.41) is 3.57. The molecule has 1 heterocycles. The van der Waals surface area contributed by atoms with Crippen LogP contribution < -0.4 is 10.0 Å². The Bertz CT molecular complexity index is 780. The minimum absolute atomic E-state index is 0.471. The number of halogens is 1. The molecule has 0 spiro atoms. The monoisotopic (exact) mass is 487 g/mol. The summed E-state index contributed by atoms with van der Waals surface area (Å²) in [5.41, 5.74) is 1.96. The first kappa shape index (κ1) is 28.7. The number of nitrogens with zero attached hydrogens (tertiary/aromatic N) is 1. The number of fused-ring (bicyclic) bond motifs is 1. The van der Waals surface area contributed by atoms with E-state index in [0.717, 1.165) is 25.2 Å². The van der Waals surface area contributed by atoms with E-state index in [9.17, 15) is 4.39 Å². The fraction of sp³-hybridized carbons (Fsp3) is 0.586. The second-order valence-corrected chi connectivity index (χ2v) is 11.4. The fourth-order valence-corrected chi connectivity index (χ4v) is 5.03. The van der Waals surface area contributed by atoms with E-state index in [0.29, 0.717) is 17.8 Å². The molecule has 1 aliphatic rings. The Balaban J connectivity index is 0.000000589. The van der Waals surface area contributed by atoms with Crippen molar-refractivity contribution in [3.05, 3.63) is 65.7 Å². The highest BCUT2D eigenvalue weighted by Gasteiger charge is 2.28. The maximum atomic E-state index is 14.4. The van der Waals surface area contributed by atoms with E-state index in [1.165, 1.54) is 36.3 Å². The maximum Gasteiger partial charge on any atom is 0.130 e. The third kappa shape index (κ3) is 10.4. The zero-order valence-corrected chi connectivity index (χ0v) is 22.9. The van der Waals surface area contributed by atoms with Crippen molar-refractivity contribution in [2.75, 3.05) is 44.8 Å². The maximum absolute atomic E-state index is 14.4. The molecule has 0 aromatic heterocycles. The predicted octanol–water partition coefficient (Wildman–Crippen LogP) is 7.33. The van der Waals surface area contributed by atoms with Gasteiger partial charge in [-0.15, -0.1) is 0 Å². The van der Waals surface area contributed by atoms with Gasteiger partial charge in [-0.05, 0) is 88.7 Å². The average molecular weight is 488 g/mol. The van der Waals surface area contributed by atoms with E-state index in [1.54, 1.807) is 13.8 Å². The Hall–Kier alpha value is -1.56. The lowest BCUT2D eigenvalue weighted by Gasteiger charge is -2.34. The summed E-state index contributed by atoms with van der Waals surface area (Å²) in [7, 11) is 4.25. The minimum atomic E-state index is -1.29. The number of hydrogen-bond acceptors (Lipinski definition) is 4. The molecule has 0 amide bonds. The highest BCUT2D eigenvalue weighted by molar-refractivity contribution is 7.97. The largest absolute Gasteiger partial charge is 0.385 e. The summed E-state index contributed by atoms with van der Waals surface area (Å²) in [6.07, 6.45) is 3.66. The zero-order chi connectivity index (χ0) is 25.0. The summed E-state index contributed by atoms with van der Waals surface area (Å²) in [6.45, 7) is 11.2. The van der Waals surface area contributed by atoms with Gasteiger partial charge in [0.2, 0.25) is 0 Å². The first-order chi connectivity index (χ1) is 16.2. The lowest BCUT2D eigenvalue weighted by molar-refractivity contribution is 0.221. The van der Waals surface area contributed by atoms with Crippen LogP contribution in [0.25, 0.3) is 0 Å². The number of anilines is 1. The molecule has 0 radical (unpaired) electrons. The van der Waals surface area contributed by atoms with Gasteiger partial charge in [0.15, 0.2) is 0 Å². The molecule has 0 saturated heterocycles. The second-order valence-electron chi connectivity index (χ2n) is 10.4. The topological polar surface area (TPSA) is 27.3 Å². The van der Waals surface area contributed by atoms with Crippen molar-refractivity contribution in [3.8, 4) is 0 Å². The summed E-state index contributed by atoms with van der Waals surface area (Å²) < 4.78 is 17.9. The van der Waals surface area contributed by atoms with E-state index in [1.807, 2.05) is 54.4 Å². The Morgan fingerprint density at radius 2 is 1.79 bits per heavy atom. The van der Waals surface area contributed by atoms with Gasteiger partial charge in [-0.2, -0.15) is 0 Å². The fourth-order valence-electron chi connectivity index (χ4n) is 4.21. The summed E-state index contributed by atoms with van der Waals surface area (Å²) in [4.78, 5) is 2.23. The molecular weight excluding hydrogens is 441 g/mol. The van der Waals surface area contributed by atoms with E-state index < -0.39 is 5.67 Å². The molecule has 3 nitrogen and oxygen atoms in total. The number of alkyl halides is 1. The van der Waals surface area contributed by atoms with Crippen LogP contribution in [-0.2, 0) is 5.67 Å². The number of hydrogen-bond donors (Lipinski definition) is 2. The van der Waals surface area contributed by atoms with Gasteiger partial charge in [-0.25, -0.2) is 4.39 Å². The van der Waals surface area contributed by atoms with Gasteiger partial charge in [0.1, 0.15) is 5.67 Å². The van der Waals surface area contributed by atoms with Crippen molar-refractivity contribution in [1.82, 2.24) is 9.62 Å². The molecule has 34 heavy (non-hydrogen) atoms. The molecule has 0 saturated carbocycles. The van der Waals surface area contributed by atoms with Crippen molar-refractivity contribution in [3.63, 3.8) is 0 Å². The van der Waals surface area contributed by atoms with Gasteiger partial charge in [0, 0.05) is 24.5 Å². The molecule has 3 atom stereocenters. The van der Waals surface area contributed by atoms with Gasteiger partial charge in [0.25, 0.3) is 0 Å². The molecule has 0 bridgehead atoms. The molecule has 0 aliphatic carbocycles. The lowest BCUT2D eigenvalue weighted by Crippen LogP contribution is -2.28. The van der Waals surface area contributed by atoms with Crippen LogP contribution >= 0.6 is 11.9 Å². The van der Waals surface area contributed by atoms with Crippen molar-refractivity contribution in [2.45, 2.75) is 58.5 Å². The molecule has 1 aliphatic heterocycles. The van der Waals surface area contributed by atoms with Gasteiger partial charge in [-0.3, -0.25) is 4.72 Å². The smallest absolute Gasteiger partial charge is 0.130 e. The zero-order valence-electron chi connectivity index (χ0n) is 22.1. The number of rotatable bonds is 11. The van der Waals surface area contributed by atoms with Gasteiger partial charge in [0.05, 0.1) is 0 Å². The number of benzene rings is 2. The minimum Gasteiger partial charge on any atom is -0.385 e. The molecule has 190 valence electrons. The quantitative estimate of drug-likeness (QED) is 0.256. The highest BCUT2D eigenvalue weighted by atomic mass is 32.2. The Kier molecular flexibility index (Phi) is 12.4. The summed E-state index contributed by atoms with van der Waals surface area (Å²) >= 11 is 1.86. The lowest BCUT2D eigenvalue weighted by atomic mass is 9.78. The van der Waals surface area contributed by atoms with Crippen LogP contribution in [0, 0.1) is 11.8 Å². The van der Waals surface area contributed by atoms with Crippen LogP contribution in [0.1, 0.15) is 64.0 Å². The van der Waals surface area contributed by atoms with Crippen LogP contribution in [-0.4, -0.2) is 44.4 Å². The Morgan fingerprint density at radius 3 is 2.38 bits per heavy atom. The molecular formula is C29H46FN3S. The van der Waals surface area contributed by atoms with Crippen molar-refractivity contribution in [1.29, 1.82) is 0 Å². The van der Waals surface area contributed by atoms with Crippen molar-refractivity contribution in [2.24, 2.45) is 11.8 Å². The predicted molar refractivity (Wildman–Crippen MR) is 149 cm³/mol. The van der Waals surface area contributed by atoms with E-state index >= 15 is 0 Å². The van der Waals surface area contributed by atoms with Crippen molar-refractivity contribution < 1.29 is 4.39 Å². The second kappa shape index (κ2) is 14.8. The van der Waals surface area contributed by atoms with Crippen LogP contribution in [0.2, 0.25) is 0 Å². The summed E-state index contributed by atoms with van der Waals surface area (Å²) in [5.74, 6) is 2.92. The van der Waals surface area contributed by atoms with Gasteiger partial charge >= 0.3 is 0 Å². The molecule has 5 heteroatoms. The van der Waals surface area contributed by atoms with Crippen molar-refractivity contribution >= 4 is 17.6 Å². The molecule has 0 fully saturated rings. The number of nitrogens with one attached hydrogen (secondary N) is 2.